The van der Waals surface area contributed by atoms with Gasteiger partial charge in [0.15, 0.2) is 0 Å². The molecule has 0 aliphatic carbocycles. The van der Waals surface area contributed by atoms with Crippen LogP contribution in [0.1, 0.15) is 5.01 Å². The zero-order chi connectivity index (χ0) is 18.4. The second-order valence-electron chi connectivity index (χ2n) is 5.54. The van der Waals surface area contributed by atoms with Crippen LogP contribution in [0.15, 0.2) is 48.5 Å². The van der Waals surface area contributed by atoms with Crippen LogP contribution >= 0.6 is 11.3 Å². The minimum absolute atomic E-state index is 0.0731. The molecule has 3 rings (SSSR count). The van der Waals surface area contributed by atoms with Crippen molar-refractivity contribution in [2.75, 3.05) is 13.1 Å². The number of nitrogens with one attached hydrogen (secondary N) is 2. The van der Waals surface area contributed by atoms with E-state index in [1.165, 1.54) is 11.3 Å². The van der Waals surface area contributed by atoms with Crippen molar-refractivity contribution in [1.29, 1.82) is 5.26 Å². The van der Waals surface area contributed by atoms with Gasteiger partial charge in [0, 0.05) is 0 Å². The number of carbonyl (C=O) groups is 2. The molecule has 0 atom stereocenters. The lowest BCUT2D eigenvalue weighted by atomic mass is 10.1. The summed E-state index contributed by atoms with van der Waals surface area (Å²) in [5.74, 6) is -0.670. The predicted molar refractivity (Wildman–Crippen MR) is 100 cm³/mol. The van der Waals surface area contributed by atoms with Crippen molar-refractivity contribution in [2.24, 2.45) is 0 Å². The number of fused-ring (bicyclic) bond motifs is 1. The van der Waals surface area contributed by atoms with Crippen LogP contribution in [-0.2, 0) is 16.0 Å². The van der Waals surface area contributed by atoms with E-state index in [1.807, 2.05) is 48.5 Å². The number of hydrogen-bond acceptors (Lipinski definition) is 5. The molecule has 130 valence electrons. The maximum absolute atomic E-state index is 12.0. The molecule has 0 radical (unpaired) electrons. The standard InChI is InChI=1S/C19H16N4O2S/c20-8-9-21-18(25)12-22-17(24)11-19-23-15-10-14(6-7-16(15)26-19)13-4-2-1-3-5-13/h1-7,10H,9,11-12H2,(H,21,25)(H,22,24). The Hall–Kier alpha value is -3.24. The molecule has 0 unspecified atom stereocenters. The van der Waals surface area contributed by atoms with Gasteiger partial charge in [-0.2, -0.15) is 5.26 Å². The Labute approximate surface area is 154 Å². The predicted octanol–water partition coefficient (Wildman–Crippen LogP) is 2.26. The van der Waals surface area contributed by atoms with Gasteiger partial charge in [-0.05, 0) is 23.3 Å². The third-order valence-electron chi connectivity index (χ3n) is 3.66. The van der Waals surface area contributed by atoms with Gasteiger partial charge in [-0.1, -0.05) is 36.4 Å². The largest absolute Gasteiger partial charge is 0.347 e. The molecule has 2 aromatic carbocycles. The number of aromatic nitrogens is 1. The number of nitriles is 1. The minimum atomic E-state index is -0.392. The summed E-state index contributed by atoms with van der Waals surface area (Å²) in [7, 11) is 0. The van der Waals surface area contributed by atoms with Crippen molar-refractivity contribution in [3.63, 3.8) is 0 Å². The van der Waals surface area contributed by atoms with Crippen molar-refractivity contribution in [1.82, 2.24) is 15.6 Å². The van der Waals surface area contributed by atoms with Crippen LogP contribution in [0.5, 0.6) is 0 Å². The Morgan fingerprint density at radius 3 is 2.62 bits per heavy atom. The molecular weight excluding hydrogens is 348 g/mol. The van der Waals surface area contributed by atoms with Gasteiger partial charge in [0.1, 0.15) is 11.6 Å². The number of benzene rings is 2. The molecule has 1 heterocycles. The van der Waals surface area contributed by atoms with Gasteiger partial charge in [-0.3, -0.25) is 9.59 Å². The molecule has 1 aromatic heterocycles. The molecule has 0 aliphatic rings. The summed E-state index contributed by atoms with van der Waals surface area (Å²) >= 11 is 1.46. The lowest BCUT2D eigenvalue weighted by molar-refractivity contribution is -0.125. The molecule has 0 spiro atoms. The summed E-state index contributed by atoms with van der Waals surface area (Å²) in [6.45, 7) is -0.222. The molecule has 26 heavy (non-hydrogen) atoms. The van der Waals surface area contributed by atoms with Crippen LogP contribution in [-0.4, -0.2) is 29.9 Å². The van der Waals surface area contributed by atoms with Crippen LogP contribution in [0.3, 0.4) is 0 Å². The fourth-order valence-corrected chi connectivity index (χ4v) is 3.39. The van der Waals surface area contributed by atoms with Crippen molar-refractivity contribution in [3.05, 3.63) is 53.5 Å². The van der Waals surface area contributed by atoms with Crippen LogP contribution in [0, 0.1) is 11.3 Å². The number of carbonyl (C=O) groups excluding carboxylic acids is 2. The summed E-state index contributed by atoms with van der Waals surface area (Å²) in [4.78, 5) is 27.9. The average Bonchev–Trinajstić information content (AvgIpc) is 3.06. The number of thiazole rings is 1. The van der Waals surface area contributed by atoms with Gasteiger partial charge >= 0.3 is 0 Å². The first-order chi connectivity index (χ1) is 12.7. The zero-order valence-electron chi connectivity index (χ0n) is 13.9. The van der Waals surface area contributed by atoms with E-state index in [0.717, 1.165) is 21.3 Å². The molecule has 0 fully saturated rings. The molecule has 0 bridgehead atoms. The third kappa shape index (κ3) is 4.43. The monoisotopic (exact) mass is 364 g/mol. The summed E-state index contributed by atoms with van der Waals surface area (Å²) in [6, 6.07) is 17.9. The highest BCUT2D eigenvalue weighted by Crippen LogP contribution is 2.28. The Morgan fingerprint density at radius 2 is 1.85 bits per heavy atom. The minimum Gasteiger partial charge on any atom is -0.347 e. The molecule has 2 amide bonds. The van der Waals surface area contributed by atoms with E-state index < -0.39 is 5.91 Å². The zero-order valence-corrected chi connectivity index (χ0v) is 14.7. The van der Waals surface area contributed by atoms with Crippen molar-refractivity contribution < 1.29 is 9.59 Å². The van der Waals surface area contributed by atoms with Crippen molar-refractivity contribution in [3.8, 4) is 17.2 Å². The number of nitrogens with zero attached hydrogens (tertiary/aromatic N) is 2. The third-order valence-corrected chi connectivity index (χ3v) is 4.70. The van der Waals surface area contributed by atoms with E-state index in [9.17, 15) is 9.59 Å². The first-order valence-corrected chi connectivity index (χ1v) is 8.82. The van der Waals surface area contributed by atoms with Gasteiger partial charge in [0.25, 0.3) is 0 Å². The summed E-state index contributed by atoms with van der Waals surface area (Å²) < 4.78 is 1.01. The lowest BCUT2D eigenvalue weighted by Gasteiger charge is -2.03. The number of hydrogen-bond donors (Lipinski definition) is 2. The highest BCUT2D eigenvalue weighted by molar-refractivity contribution is 7.18. The topological polar surface area (TPSA) is 94.9 Å². The van der Waals surface area contributed by atoms with Crippen LogP contribution in [0.4, 0.5) is 0 Å². The molecule has 0 saturated heterocycles. The summed E-state index contributed by atoms with van der Waals surface area (Å²) in [5.41, 5.74) is 3.05. The Balaban J connectivity index is 1.65. The van der Waals surface area contributed by atoms with E-state index in [2.05, 4.69) is 15.6 Å². The van der Waals surface area contributed by atoms with Crippen LogP contribution in [0.2, 0.25) is 0 Å². The number of amides is 2. The number of rotatable bonds is 6. The van der Waals surface area contributed by atoms with E-state index in [1.54, 1.807) is 6.07 Å². The fourth-order valence-electron chi connectivity index (χ4n) is 2.44. The van der Waals surface area contributed by atoms with E-state index in [-0.39, 0.29) is 25.4 Å². The molecule has 2 N–H and O–H groups in total. The van der Waals surface area contributed by atoms with Gasteiger partial charge in [0.2, 0.25) is 11.8 Å². The highest BCUT2D eigenvalue weighted by atomic mass is 32.1. The molecule has 6 nitrogen and oxygen atoms in total. The Bertz CT molecular complexity index is 976. The second kappa shape index (κ2) is 8.23. The Kier molecular flexibility index (Phi) is 5.56. The maximum Gasteiger partial charge on any atom is 0.240 e. The van der Waals surface area contributed by atoms with Gasteiger partial charge < -0.3 is 10.6 Å². The van der Waals surface area contributed by atoms with Gasteiger partial charge in [-0.25, -0.2) is 4.98 Å². The summed E-state index contributed by atoms with van der Waals surface area (Å²) in [5, 5.41) is 14.0. The lowest BCUT2D eigenvalue weighted by Crippen LogP contribution is -2.37. The van der Waals surface area contributed by atoms with Crippen molar-refractivity contribution >= 4 is 33.4 Å². The molecule has 0 saturated carbocycles. The second-order valence-corrected chi connectivity index (χ2v) is 6.66. The first kappa shape index (κ1) is 17.6. The summed E-state index contributed by atoms with van der Waals surface area (Å²) in [6.07, 6.45) is 0.117. The molecule has 7 heteroatoms. The molecule has 0 aliphatic heterocycles. The Morgan fingerprint density at radius 1 is 1.04 bits per heavy atom. The van der Waals surface area contributed by atoms with Crippen LogP contribution < -0.4 is 10.6 Å². The van der Waals surface area contributed by atoms with E-state index in [0.29, 0.717) is 5.01 Å². The van der Waals surface area contributed by atoms with E-state index in [4.69, 9.17) is 5.26 Å². The average molecular weight is 364 g/mol. The quantitative estimate of drug-likeness (QED) is 0.656. The van der Waals surface area contributed by atoms with E-state index >= 15 is 0 Å². The van der Waals surface area contributed by atoms with Gasteiger partial charge in [-0.15, -0.1) is 11.3 Å². The first-order valence-electron chi connectivity index (χ1n) is 8.01. The van der Waals surface area contributed by atoms with Gasteiger partial charge in [0.05, 0.1) is 29.3 Å². The molecule has 3 aromatic rings. The van der Waals surface area contributed by atoms with Crippen molar-refractivity contribution in [2.45, 2.75) is 6.42 Å². The SMILES string of the molecule is N#CCNC(=O)CNC(=O)Cc1nc2cc(-c3ccccc3)ccc2s1. The normalized spacial score (nSPS) is 10.3. The van der Waals surface area contributed by atoms with Crippen LogP contribution in [0.25, 0.3) is 21.3 Å². The molecular formula is C19H16N4O2S. The maximum atomic E-state index is 12.0. The highest BCUT2D eigenvalue weighted by Gasteiger charge is 2.11. The smallest absolute Gasteiger partial charge is 0.240 e. The fraction of sp³-hybridized carbons (Fsp3) is 0.158.